The van der Waals surface area contributed by atoms with Gasteiger partial charge in [-0.1, -0.05) is 54.1 Å². The highest BCUT2D eigenvalue weighted by molar-refractivity contribution is 9.10. The Morgan fingerprint density at radius 3 is 2.39 bits per heavy atom. The van der Waals surface area contributed by atoms with Crippen LogP contribution in [0, 0.1) is 6.92 Å². The van der Waals surface area contributed by atoms with E-state index in [1.54, 1.807) is 19.4 Å². The van der Waals surface area contributed by atoms with Crippen molar-refractivity contribution in [2.45, 2.75) is 20.5 Å². The van der Waals surface area contributed by atoms with Crippen LogP contribution in [-0.4, -0.2) is 25.8 Å². The predicted molar refractivity (Wildman–Crippen MR) is 146 cm³/mol. The molecule has 0 unspecified atom stereocenters. The molecule has 0 saturated heterocycles. The summed E-state index contributed by atoms with van der Waals surface area (Å²) in [4.78, 5) is 12.8. The maximum absolute atomic E-state index is 12.8. The molecule has 1 N–H and O–H groups in total. The third-order valence-electron chi connectivity index (χ3n) is 5.53. The van der Waals surface area contributed by atoms with Gasteiger partial charge in [-0.05, 0) is 75.9 Å². The zero-order chi connectivity index (χ0) is 25.5. The number of aryl methyl sites for hydroxylation is 1. The Kier molecular flexibility index (Phi) is 8.23. The van der Waals surface area contributed by atoms with Gasteiger partial charge in [-0.15, -0.1) is 0 Å². The molecular weight excluding hydrogens is 520 g/mol. The Labute approximate surface area is 219 Å². The number of hydrazone groups is 1. The van der Waals surface area contributed by atoms with E-state index in [0.717, 1.165) is 26.4 Å². The van der Waals surface area contributed by atoms with E-state index in [1.807, 2.05) is 61.5 Å². The van der Waals surface area contributed by atoms with E-state index in [1.165, 1.54) is 5.56 Å². The lowest BCUT2D eigenvalue weighted by Crippen LogP contribution is -2.18. The summed E-state index contributed by atoms with van der Waals surface area (Å²) in [5.74, 6) is 1.32. The summed E-state index contributed by atoms with van der Waals surface area (Å²) in [6.07, 6.45) is 1.56. The second-order valence-electron chi connectivity index (χ2n) is 8.14. The molecule has 0 aliphatic carbocycles. The van der Waals surface area contributed by atoms with Crippen molar-refractivity contribution >= 4 is 38.8 Å². The van der Waals surface area contributed by atoms with Gasteiger partial charge in [-0.2, -0.15) is 5.10 Å². The molecule has 0 bridgehead atoms. The van der Waals surface area contributed by atoms with Crippen LogP contribution in [0.2, 0.25) is 0 Å². The molecule has 4 rings (SSSR count). The average molecular weight is 547 g/mol. The number of halogens is 1. The van der Waals surface area contributed by atoms with Gasteiger partial charge >= 0.3 is 0 Å². The van der Waals surface area contributed by atoms with Gasteiger partial charge in [0, 0.05) is 0 Å². The van der Waals surface area contributed by atoms with Crippen LogP contribution in [0.4, 0.5) is 0 Å². The Balaban J connectivity index is 1.50. The van der Waals surface area contributed by atoms with Crippen LogP contribution in [0.5, 0.6) is 17.2 Å². The molecule has 184 valence electrons. The first-order valence-electron chi connectivity index (χ1n) is 11.5. The third kappa shape index (κ3) is 6.04. The van der Waals surface area contributed by atoms with Crippen molar-refractivity contribution in [2.75, 3.05) is 13.7 Å². The Hall–Kier alpha value is -3.84. The van der Waals surface area contributed by atoms with E-state index in [9.17, 15) is 4.79 Å². The zero-order valence-electron chi connectivity index (χ0n) is 20.4. The second-order valence-corrected chi connectivity index (χ2v) is 8.99. The van der Waals surface area contributed by atoms with E-state index in [-0.39, 0.29) is 5.91 Å². The summed E-state index contributed by atoms with van der Waals surface area (Å²) >= 11 is 3.58. The molecule has 0 saturated carbocycles. The molecule has 36 heavy (non-hydrogen) atoms. The van der Waals surface area contributed by atoms with Gasteiger partial charge in [0.25, 0.3) is 5.91 Å². The molecule has 0 atom stereocenters. The number of amides is 1. The highest BCUT2D eigenvalue weighted by atomic mass is 79.9. The van der Waals surface area contributed by atoms with Crippen molar-refractivity contribution in [3.8, 4) is 17.2 Å². The number of carbonyl (C=O) groups is 1. The average Bonchev–Trinajstić information content (AvgIpc) is 2.88. The number of carbonyl (C=O) groups excluding carboxylic acids is 1. The Morgan fingerprint density at radius 2 is 1.69 bits per heavy atom. The van der Waals surface area contributed by atoms with Crippen LogP contribution < -0.4 is 19.6 Å². The van der Waals surface area contributed by atoms with Crippen molar-refractivity contribution in [3.63, 3.8) is 0 Å². The van der Waals surface area contributed by atoms with Crippen LogP contribution >= 0.6 is 15.9 Å². The van der Waals surface area contributed by atoms with Crippen molar-refractivity contribution < 1.29 is 19.0 Å². The van der Waals surface area contributed by atoms with Gasteiger partial charge in [0.1, 0.15) is 12.4 Å². The van der Waals surface area contributed by atoms with E-state index < -0.39 is 0 Å². The number of hydrogen-bond acceptors (Lipinski definition) is 5. The molecule has 6 nitrogen and oxygen atoms in total. The van der Waals surface area contributed by atoms with Gasteiger partial charge < -0.3 is 14.2 Å². The predicted octanol–water partition coefficient (Wildman–Crippen LogP) is 6.66. The van der Waals surface area contributed by atoms with Gasteiger partial charge in [0.05, 0.1) is 30.0 Å². The van der Waals surface area contributed by atoms with E-state index >= 15 is 0 Å². The number of rotatable bonds is 9. The summed E-state index contributed by atoms with van der Waals surface area (Å²) < 4.78 is 18.0. The van der Waals surface area contributed by atoms with Gasteiger partial charge in [0.15, 0.2) is 11.5 Å². The fourth-order valence-electron chi connectivity index (χ4n) is 3.70. The van der Waals surface area contributed by atoms with E-state index in [0.29, 0.717) is 36.0 Å². The molecule has 4 aromatic carbocycles. The third-order valence-corrected chi connectivity index (χ3v) is 6.12. The summed E-state index contributed by atoms with van der Waals surface area (Å²) in [6.45, 7) is 4.85. The highest BCUT2D eigenvalue weighted by Gasteiger charge is 2.14. The van der Waals surface area contributed by atoms with Gasteiger partial charge in [-0.25, -0.2) is 5.43 Å². The SMILES string of the molecule is CCOc1cc(/C=N\NC(=O)c2cc3ccccc3cc2OC)cc(Br)c1OCc1ccc(C)cc1. The lowest BCUT2D eigenvalue weighted by atomic mass is 10.1. The Bertz CT molecular complexity index is 1400. The smallest absolute Gasteiger partial charge is 0.275 e. The molecule has 1 amide bonds. The maximum atomic E-state index is 12.8. The summed E-state index contributed by atoms with van der Waals surface area (Å²) in [7, 11) is 1.54. The van der Waals surface area contributed by atoms with Gasteiger partial charge in [-0.3, -0.25) is 4.79 Å². The molecule has 0 aliphatic rings. The lowest BCUT2D eigenvalue weighted by Gasteiger charge is -2.15. The number of ether oxygens (including phenoxy) is 3. The number of benzene rings is 4. The van der Waals surface area contributed by atoms with Crippen molar-refractivity contribution in [2.24, 2.45) is 5.10 Å². The van der Waals surface area contributed by atoms with E-state index in [2.05, 4.69) is 45.5 Å². The summed E-state index contributed by atoms with van der Waals surface area (Å²) in [6, 6.07) is 23.3. The first-order chi connectivity index (χ1) is 17.5. The molecule has 0 fully saturated rings. The van der Waals surface area contributed by atoms with Crippen LogP contribution in [-0.2, 0) is 6.61 Å². The normalized spacial score (nSPS) is 11.0. The van der Waals surface area contributed by atoms with Crippen molar-refractivity contribution in [3.05, 3.63) is 99.5 Å². The molecule has 0 heterocycles. The van der Waals surface area contributed by atoms with Crippen LogP contribution in [0.3, 0.4) is 0 Å². The number of fused-ring (bicyclic) bond motifs is 1. The highest BCUT2D eigenvalue weighted by Crippen LogP contribution is 2.37. The summed E-state index contributed by atoms with van der Waals surface area (Å²) in [5, 5.41) is 6.09. The zero-order valence-corrected chi connectivity index (χ0v) is 22.0. The number of nitrogens with zero attached hydrogens (tertiary/aromatic N) is 1. The second kappa shape index (κ2) is 11.7. The standard InChI is InChI=1S/C29H27BrN2O4/c1-4-35-27-14-21(13-25(30)28(27)36-18-20-11-9-19(2)10-12-20)17-31-32-29(33)24-15-22-7-5-6-8-23(22)16-26(24)34-3/h5-17H,4,18H2,1-3H3,(H,32,33)/b31-17-. The molecule has 0 spiro atoms. The Morgan fingerprint density at radius 1 is 0.972 bits per heavy atom. The van der Waals surface area contributed by atoms with Crippen LogP contribution in [0.1, 0.15) is 34.0 Å². The summed E-state index contributed by atoms with van der Waals surface area (Å²) in [5.41, 5.74) is 5.99. The monoisotopic (exact) mass is 546 g/mol. The van der Waals surface area contributed by atoms with Crippen LogP contribution in [0.15, 0.2) is 82.4 Å². The number of methoxy groups -OCH3 is 1. The number of nitrogens with one attached hydrogen (secondary N) is 1. The van der Waals surface area contributed by atoms with Gasteiger partial charge in [0.2, 0.25) is 0 Å². The van der Waals surface area contributed by atoms with Crippen molar-refractivity contribution in [1.29, 1.82) is 0 Å². The molecule has 7 heteroatoms. The molecule has 0 aromatic heterocycles. The van der Waals surface area contributed by atoms with E-state index in [4.69, 9.17) is 14.2 Å². The molecule has 0 radical (unpaired) electrons. The van der Waals surface area contributed by atoms with Crippen molar-refractivity contribution in [1.82, 2.24) is 5.43 Å². The minimum atomic E-state index is -0.365. The molecule has 0 aliphatic heterocycles. The minimum absolute atomic E-state index is 0.365. The first-order valence-corrected chi connectivity index (χ1v) is 12.3. The first kappa shape index (κ1) is 25.3. The van der Waals surface area contributed by atoms with Crippen LogP contribution in [0.25, 0.3) is 10.8 Å². The quantitative estimate of drug-likeness (QED) is 0.188. The number of hydrogen-bond donors (Lipinski definition) is 1. The fourth-order valence-corrected chi connectivity index (χ4v) is 4.27. The minimum Gasteiger partial charge on any atom is -0.496 e. The lowest BCUT2D eigenvalue weighted by molar-refractivity contribution is 0.0952. The topological polar surface area (TPSA) is 69.2 Å². The molecular formula is C29H27BrN2O4. The largest absolute Gasteiger partial charge is 0.496 e. The maximum Gasteiger partial charge on any atom is 0.275 e. The fraction of sp³-hybridized carbons (Fsp3) is 0.172. The molecule has 4 aromatic rings.